The van der Waals surface area contributed by atoms with E-state index >= 15 is 0 Å². The Kier molecular flexibility index (Phi) is 7.24. The molecular formula is C5H8O8. The third-order valence-corrected chi connectivity index (χ3v) is 0.653. The Bertz CT molecular complexity index is 193. The van der Waals surface area contributed by atoms with Gasteiger partial charge in [-0.05, 0) is 0 Å². The average Bonchev–Trinajstić information content (AvgIpc) is 1.83. The molecule has 0 fully saturated rings. The SMILES string of the molecule is O=C(O)CC(O)C(=O)O.O=C(O)O. The van der Waals surface area contributed by atoms with Crippen molar-refractivity contribution < 1.29 is 39.9 Å². The van der Waals surface area contributed by atoms with Crippen LogP contribution in [0, 0.1) is 0 Å². The number of rotatable bonds is 3. The van der Waals surface area contributed by atoms with Gasteiger partial charge in [0.15, 0.2) is 6.10 Å². The summed E-state index contributed by atoms with van der Waals surface area (Å²) in [5, 5.41) is 38.1. The first-order valence-corrected chi connectivity index (χ1v) is 2.82. The van der Waals surface area contributed by atoms with Crippen molar-refractivity contribution in [1.29, 1.82) is 0 Å². The van der Waals surface area contributed by atoms with Crippen molar-refractivity contribution in [2.24, 2.45) is 0 Å². The molecule has 0 aromatic heterocycles. The lowest BCUT2D eigenvalue weighted by Crippen LogP contribution is -2.22. The van der Waals surface area contributed by atoms with E-state index in [1.807, 2.05) is 0 Å². The molecule has 8 nitrogen and oxygen atoms in total. The summed E-state index contributed by atoms with van der Waals surface area (Å²) < 4.78 is 0. The van der Waals surface area contributed by atoms with Gasteiger partial charge in [-0.1, -0.05) is 0 Å². The van der Waals surface area contributed by atoms with Gasteiger partial charge in [0.05, 0.1) is 6.42 Å². The topological polar surface area (TPSA) is 152 Å². The Balaban J connectivity index is 0. The summed E-state index contributed by atoms with van der Waals surface area (Å²) in [5.74, 6) is -2.85. The van der Waals surface area contributed by atoms with Gasteiger partial charge >= 0.3 is 18.1 Å². The Hall–Kier alpha value is -1.83. The lowest BCUT2D eigenvalue weighted by atomic mass is 10.3. The predicted octanol–water partition coefficient (Wildman–Crippen LogP) is -0.871. The highest BCUT2D eigenvalue weighted by molar-refractivity contribution is 5.79. The van der Waals surface area contributed by atoms with Gasteiger partial charge in [-0.15, -0.1) is 0 Å². The van der Waals surface area contributed by atoms with Crippen LogP contribution in [0.25, 0.3) is 0 Å². The zero-order chi connectivity index (χ0) is 11.0. The van der Waals surface area contributed by atoms with Crippen LogP contribution in [0.2, 0.25) is 0 Å². The third-order valence-electron chi connectivity index (χ3n) is 0.653. The monoisotopic (exact) mass is 196 g/mol. The van der Waals surface area contributed by atoms with Crippen molar-refractivity contribution >= 4 is 18.1 Å². The summed E-state index contributed by atoms with van der Waals surface area (Å²) >= 11 is 0. The highest BCUT2D eigenvalue weighted by atomic mass is 16.6. The van der Waals surface area contributed by atoms with Crippen LogP contribution in [0.3, 0.4) is 0 Å². The summed E-state index contributed by atoms with van der Waals surface area (Å²) in [6.07, 6.45) is -4.38. The molecule has 0 spiro atoms. The Morgan fingerprint density at radius 2 is 1.31 bits per heavy atom. The number of carbonyl (C=O) groups is 3. The van der Waals surface area contributed by atoms with Gasteiger partial charge in [0.2, 0.25) is 0 Å². The van der Waals surface area contributed by atoms with Crippen molar-refractivity contribution in [3.8, 4) is 0 Å². The predicted molar refractivity (Wildman–Crippen MR) is 36.5 cm³/mol. The first-order valence-electron chi connectivity index (χ1n) is 2.82. The van der Waals surface area contributed by atoms with Crippen molar-refractivity contribution in [1.82, 2.24) is 0 Å². The number of aliphatic carboxylic acids is 2. The largest absolute Gasteiger partial charge is 0.503 e. The van der Waals surface area contributed by atoms with E-state index in [4.69, 9.17) is 30.3 Å². The van der Waals surface area contributed by atoms with Crippen LogP contribution in [-0.2, 0) is 9.59 Å². The normalized spacial score (nSPS) is 10.5. The second kappa shape index (κ2) is 6.85. The molecule has 0 bridgehead atoms. The fraction of sp³-hybridized carbons (Fsp3) is 0.400. The maximum Gasteiger partial charge on any atom is 0.503 e. The molecule has 0 saturated carbocycles. The zero-order valence-corrected chi connectivity index (χ0v) is 6.25. The maximum atomic E-state index is 9.72. The Morgan fingerprint density at radius 1 is 1.00 bits per heavy atom. The second-order valence-corrected chi connectivity index (χ2v) is 1.73. The first kappa shape index (κ1) is 13.7. The summed E-state index contributed by atoms with van der Waals surface area (Å²) in [4.78, 5) is 28.0. The molecule has 0 aliphatic heterocycles. The molecule has 0 saturated heterocycles. The molecule has 1 unspecified atom stereocenters. The number of carboxylic acids is 2. The number of hydrogen-bond donors (Lipinski definition) is 5. The maximum absolute atomic E-state index is 9.72. The number of carboxylic acid groups (broad SMARTS) is 4. The Labute approximate surface area is 71.7 Å². The molecule has 0 amide bonds. The lowest BCUT2D eigenvalue weighted by Gasteiger charge is -1.97. The van der Waals surface area contributed by atoms with Crippen LogP contribution in [0.5, 0.6) is 0 Å². The van der Waals surface area contributed by atoms with E-state index in [1.165, 1.54) is 0 Å². The van der Waals surface area contributed by atoms with Crippen LogP contribution in [0.1, 0.15) is 6.42 Å². The summed E-state index contributed by atoms with van der Waals surface area (Å²) in [5.41, 5.74) is 0. The average molecular weight is 196 g/mol. The van der Waals surface area contributed by atoms with Gasteiger partial charge in [0.25, 0.3) is 0 Å². The molecular weight excluding hydrogens is 188 g/mol. The van der Waals surface area contributed by atoms with E-state index < -0.39 is 30.6 Å². The molecule has 1 atom stereocenters. The smallest absolute Gasteiger partial charge is 0.481 e. The van der Waals surface area contributed by atoms with E-state index in [2.05, 4.69) is 0 Å². The molecule has 13 heavy (non-hydrogen) atoms. The van der Waals surface area contributed by atoms with E-state index in [0.29, 0.717) is 0 Å². The van der Waals surface area contributed by atoms with Gasteiger partial charge < -0.3 is 25.5 Å². The minimum atomic E-state index is -1.83. The van der Waals surface area contributed by atoms with Crippen molar-refractivity contribution in [2.75, 3.05) is 0 Å². The molecule has 76 valence electrons. The molecule has 0 rings (SSSR count). The molecule has 8 heteroatoms. The quantitative estimate of drug-likeness (QED) is 0.390. The standard InChI is InChI=1S/C4H6O5.CH2O3/c5-2(4(8)9)1-3(6)7;2-1(3)4/h2,5H,1H2,(H,6,7)(H,8,9);(H2,2,3,4). The third kappa shape index (κ3) is 17.8. The minimum absolute atomic E-state index is 0.755. The van der Waals surface area contributed by atoms with Crippen molar-refractivity contribution in [2.45, 2.75) is 12.5 Å². The van der Waals surface area contributed by atoms with Gasteiger partial charge in [-0.25, -0.2) is 9.59 Å². The van der Waals surface area contributed by atoms with Gasteiger partial charge in [0.1, 0.15) is 0 Å². The molecule has 0 aromatic carbocycles. The molecule has 0 radical (unpaired) electrons. The number of aliphatic hydroxyl groups excluding tert-OH is 1. The highest BCUT2D eigenvalue weighted by Crippen LogP contribution is 1.89. The lowest BCUT2D eigenvalue weighted by molar-refractivity contribution is -0.152. The Morgan fingerprint density at radius 3 is 1.38 bits per heavy atom. The summed E-state index contributed by atoms with van der Waals surface area (Å²) in [6, 6.07) is 0. The van der Waals surface area contributed by atoms with Crippen LogP contribution in [0.4, 0.5) is 4.79 Å². The molecule has 0 heterocycles. The van der Waals surface area contributed by atoms with Gasteiger partial charge in [-0.3, -0.25) is 4.79 Å². The van der Waals surface area contributed by atoms with E-state index in [1.54, 1.807) is 0 Å². The molecule has 0 aliphatic carbocycles. The van der Waals surface area contributed by atoms with Crippen molar-refractivity contribution in [3.63, 3.8) is 0 Å². The zero-order valence-electron chi connectivity index (χ0n) is 6.25. The van der Waals surface area contributed by atoms with Gasteiger partial charge in [0, 0.05) is 0 Å². The van der Waals surface area contributed by atoms with Gasteiger partial charge in [-0.2, -0.15) is 0 Å². The van der Waals surface area contributed by atoms with E-state index in [-0.39, 0.29) is 0 Å². The first-order chi connectivity index (χ1) is 5.77. The fourth-order valence-electron chi connectivity index (χ4n) is 0.253. The van der Waals surface area contributed by atoms with Crippen molar-refractivity contribution in [3.05, 3.63) is 0 Å². The van der Waals surface area contributed by atoms with Crippen LogP contribution >= 0.6 is 0 Å². The fourth-order valence-corrected chi connectivity index (χ4v) is 0.253. The molecule has 0 aliphatic rings. The van der Waals surface area contributed by atoms with Crippen LogP contribution < -0.4 is 0 Å². The summed E-state index contributed by atoms with van der Waals surface area (Å²) in [6.45, 7) is 0. The summed E-state index contributed by atoms with van der Waals surface area (Å²) in [7, 11) is 0. The molecule has 5 N–H and O–H groups in total. The highest BCUT2D eigenvalue weighted by Gasteiger charge is 2.16. The molecule has 0 aromatic rings. The van der Waals surface area contributed by atoms with E-state index in [9.17, 15) is 9.59 Å². The number of aliphatic hydroxyl groups is 1. The van der Waals surface area contributed by atoms with Crippen LogP contribution in [-0.4, -0.2) is 49.7 Å². The number of hydrogen-bond acceptors (Lipinski definition) is 4. The minimum Gasteiger partial charge on any atom is -0.481 e. The van der Waals surface area contributed by atoms with E-state index in [0.717, 1.165) is 0 Å². The second-order valence-electron chi connectivity index (χ2n) is 1.73. The van der Waals surface area contributed by atoms with Crippen LogP contribution in [0.15, 0.2) is 0 Å².